The van der Waals surface area contributed by atoms with Gasteiger partial charge in [0.2, 0.25) is 0 Å². The number of nitrogens with zero attached hydrogens (tertiary/aromatic N) is 2. The second-order valence-electron chi connectivity index (χ2n) is 12.9. The second-order valence-corrected chi connectivity index (χ2v) is 23.8. The van der Waals surface area contributed by atoms with Crippen LogP contribution in [-0.4, -0.2) is 77.8 Å². The molecule has 0 aliphatic carbocycles. The number of hydrogen-bond acceptors (Lipinski definition) is 10. The van der Waals surface area contributed by atoms with Gasteiger partial charge >= 0.3 is 259 Å². The summed E-state index contributed by atoms with van der Waals surface area (Å²) >= 11 is -5.86. The van der Waals surface area contributed by atoms with E-state index in [1.54, 1.807) is 0 Å². The molecule has 3 aromatic carbocycles. The molecule has 0 saturated carbocycles. The fraction of sp³-hybridized carbons (Fsp3) is 0.455. The predicted molar refractivity (Wildman–Crippen MR) is 159 cm³/mol. The number of hydrogen-bond donors (Lipinski definition) is 0. The third-order valence-corrected chi connectivity index (χ3v) is 22.9. The van der Waals surface area contributed by atoms with Crippen molar-refractivity contribution in [1.29, 1.82) is 0 Å². The average Bonchev–Trinajstić information content (AvgIpc) is 3.85. The van der Waals surface area contributed by atoms with E-state index in [0.29, 0.717) is 0 Å². The van der Waals surface area contributed by atoms with E-state index in [9.17, 15) is 0 Å². The maximum absolute atomic E-state index is 7.40. The van der Waals surface area contributed by atoms with Gasteiger partial charge in [-0.3, -0.25) is 0 Å². The molecule has 8 unspecified atom stereocenters. The van der Waals surface area contributed by atoms with Crippen molar-refractivity contribution < 1.29 is 35.1 Å². The van der Waals surface area contributed by atoms with Gasteiger partial charge in [0.15, 0.2) is 0 Å². The Morgan fingerprint density at radius 2 is 0.841 bits per heavy atom. The number of benzene rings is 3. The predicted octanol–water partition coefficient (Wildman–Crippen LogP) is 2.85. The summed E-state index contributed by atoms with van der Waals surface area (Å²) < 4.78 is 29.7. The first kappa shape index (κ1) is 28.3. The average molecular weight is 711 g/mol. The van der Waals surface area contributed by atoms with E-state index < -0.39 is 18.2 Å². The van der Waals surface area contributed by atoms with Gasteiger partial charge in [-0.05, 0) is 0 Å². The molecule has 0 amide bonds. The third-order valence-electron chi connectivity index (χ3n) is 9.97. The molecule has 0 N–H and O–H groups in total. The molecule has 6 heterocycles. The maximum atomic E-state index is 7.40. The van der Waals surface area contributed by atoms with Gasteiger partial charge in [0.05, 0.1) is 0 Å². The summed E-state index contributed by atoms with van der Waals surface area (Å²) in [5.74, 6) is 0. The monoisotopic (exact) mass is 710 g/mol. The van der Waals surface area contributed by atoms with Crippen molar-refractivity contribution in [2.75, 3.05) is 0 Å². The summed E-state index contributed by atoms with van der Waals surface area (Å²) in [7, 11) is 0. The van der Waals surface area contributed by atoms with Gasteiger partial charge in [-0.25, -0.2) is 0 Å². The normalized spacial score (nSPS) is 35.2. The SMILES string of the molecule is Cc1ccc[c]([Sb]([O]N2OC3C4CCC(O4)C3O2)([O]N2OC3C4CCC(O4)C3O2)([c]2cccc(C)c2)[c]2cccc(C)c2)c1. The molecule has 232 valence electrons. The van der Waals surface area contributed by atoms with Crippen molar-refractivity contribution in [1.82, 2.24) is 10.8 Å². The summed E-state index contributed by atoms with van der Waals surface area (Å²) in [5, 5.41) is 2.45. The van der Waals surface area contributed by atoms with Crippen LogP contribution in [-0.2, 0) is 35.1 Å². The van der Waals surface area contributed by atoms with Crippen LogP contribution in [0.25, 0.3) is 0 Å². The molecular formula is C33H37N2O8Sb. The summed E-state index contributed by atoms with van der Waals surface area (Å²) in [6.07, 6.45) is 2.59. The second kappa shape index (κ2) is 10.3. The zero-order chi connectivity index (χ0) is 29.7. The first-order chi connectivity index (χ1) is 21.4. The van der Waals surface area contributed by atoms with E-state index in [2.05, 4.69) is 75.4 Å². The molecule has 6 aliphatic heterocycles. The molecule has 44 heavy (non-hydrogen) atoms. The van der Waals surface area contributed by atoms with Crippen LogP contribution < -0.4 is 10.5 Å². The Hall–Kier alpha value is -1.92. The molecule has 0 radical (unpaired) electrons. The molecule has 6 aliphatic rings. The van der Waals surface area contributed by atoms with Gasteiger partial charge < -0.3 is 0 Å². The van der Waals surface area contributed by atoms with E-state index in [-0.39, 0.29) is 48.8 Å². The summed E-state index contributed by atoms with van der Waals surface area (Å²) in [4.78, 5) is 25.8. The van der Waals surface area contributed by atoms with E-state index in [4.69, 9.17) is 35.1 Å². The first-order valence-electron chi connectivity index (χ1n) is 15.6. The van der Waals surface area contributed by atoms with Crippen molar-refractivity contribution in [3.63, 3.8) is 0 Å². The molecule has 0 spiro atoms. The van der Waals surface area contributed by atoms with Crippen LogP contribution in [0.4, 0.5) is 0 Å². The number of fused-ring (bicyclic) bond motifs is 10. The van der Waals surface area contributed by atoms with Crippen LogP contribution in [0.1, 0.15) is 42.4 Å². The Balaban J connectivity index is 1.26. The first-order valence-corrected chi connectivity index (χ1v) is 21.5. The molecule has 0 aromatic heterocycles. The summed E-state index contributed by atoms with van der Waals surface area (Å²) in [5.41, 5.74) is 3.18. The fourth-order valence-electron chi connectivity index (χ4n) is 7.87. The van der Waals surface area contributed by atoms with Crippen molar-refractivity contribution in [3.05, 3.63) is 89.5 Å². The molecule has 9 rings (SSSR count). The van der Waals surface area contributed by atoms with Gasteiger partial charge in [0.1, 0.15) is 0 Å². The van der Waals surface area contributed by atoms with Crippen molar-refractivity contribution in [2.45, 2.75) is 95.3 Å². The zero-order valence-corrected chi connectivity index (χ0v) is 27.5. The van der Waals surface area contributed by atoms with Gasteiger partial charge in [0.25, 0.3) is 0 Å². The van der Waals surface area contributed by atoms with Gasteiger partial charge in [-0.15, -0.1) is 0 Å². The minimum atomic E-state index is -5.86. The molecule has 6 saturated heterocycles. The van der Waals surface area contributed by atoms with E-state index >= 15 is 0 Å². The van der Waals surface area contributed by atoms with Crippen molar-refractivity contribution in [3.8, 4) is 0 Å². The van der Waals surface area contributed by atoms with Crippen LogP contribution in [0.15, 0.2) is 72.8 Å². The van der Waals surface area contributed by atoms with Gasteiger partial charge in [0, 0.05) is 0 Å². The molecular weight excluding hydrogens is 674 g/mol. The van der Waals surface area contributed by atoms with Crippen LogP contribution in [0.5, 0.6) is 0 Å². The van der Waals surface area contributed by atoms with Crippen LogP contribution in [0.2, 0.25) is 0 Å². The molecule has 8 atom stereocenters. The summed E-state index contributed by atoms with van der Waals surface area (Å²) in [6.45, 7) is 6.22. The van der Waals surface area contributed by atoms with Crippen molar-refractivity contribution in [2.24, 2.45) is 0 Å². The Bertz CT molecular complexity index is 1410. The zero-order valence-electron chi connectivity index (χ0n) is 25.0. The molecule has 10 nitrogen and oxygen atoms in total. The van der Waals surface area contributed by atoms with E-state index in [1.165, 1.54) is 10.8 Å². The molecule has 3 aromatic rings. The molecule has 4 bridgehead atoms. The Morgan fingerprint density at radius 3 is 1.14 bits per heavy atom. The van der Waals surface area contributed by atoms with Gasteiger partial charge in [-0.2, -0.15) is 0 Å². The number of aryl methyl sites for hydroxylation is 3. The van der Waals surface area contributed by atoms with Crippen molar-refractivity contribution >= 4 is 28.8 Å². The minimum absolute atomic E-state index is 0.0314. The third kappa shape index (κ3) is 4.11. The fourth-order valence-corrected chi connectivity index (χ4v) is 20.8. The Labute approximate surface area is 258 Å². The number of rotatable bonds is 7. The van der Waals surface area contributed by atoms with Gasteiger partial charge in [-0.1, -0.05) is 0 Å². The Morgan fingerprint density at radius 1 is 0.523 bits per heavy atom. The van der Waals surface area contributed by atoms with E-state index in [0.717, 1.165) is 52.9 Å². The van der Waals surface area contributed by atoms with E-state index in [1.807, 2.05) is 18.2 Å². The van der Waals surface area contributed by atoms with Crippen LogP contribution in [0.3, 0.4) is 0 Å². The number of ether oxygens (including phenoxy) is 2. The summed E-state index contributed by atoms with van der Waals surface area (Å²) in [6, 6.07) is 25.0. The Kier molecular flexibility index (Phi) is 6.62. The van der Waals surface area contributed by atoms with Crippen LogP contribution >= 0.6 is 0 Å². The quantitative estimate of drug-likeness (QED) is 0.342. The molecule has 6 fully saturated rings. The van der Waals surface area contributed by atoms with Crippen LogP contribution in [0, 0.1) is 20.8 Å². The molecule has 11 heteroatoms. The topological polar surface area (TPSA) is 80.3 Å². The standard InChI is InChI=1S/3C7H7.2C6H8NO4.Sb/c3*1-7-5-3-2-4-6-7;2*8-7-10-5-3-1-2-4(9-3)6(5)11-7;/h3*2-3,5-6H,1H3;2*3-6H,1-2H2;/q;;;2*-1;+2.